The van der Waals surface area contributed by atoms with Gasteiger partial charge in [0.25, 0.3) is 0 Å². The largest absolute Gasteiger partial charge is 0.313 e. The van der Waals surface area contributed by atoms with Crippen LogP contribution in [0, 0.1) is 0 Å². The molecule has 2 unspecified atom stereocenters. The van der Waals surface area contributed by atoms with E-state index in [-0.39, 0.29) is 0 Å². The quantitative estimate of drug-likeness (QED) is 0.873. The molecule has 1 aliphatic heterocycles. The lowest BCUT2D eigenvalue weighted by atomic mass is 10.0. The molecule has 1 aromatic heterocycles. The van der Waals surface area contributed by atoms with Crippen molar-refractivity contribution in [2.75, 3.05) is 20.1 Å². The lowest BCUT2D eigenvalue weighted by Gasteiger charge is -2.31. The topological polar surface area (TPSA) is 28.2 Å². The Morgan fingerprint density at radius 3 is 3.12 bits per heavy atom. The van der Waals surface area contributed by atoms with E-state index in [4.69, 9.17) is 0 Å². The van der Waals surface area contributed by atoms with Crippen LogP contribution in [0.3, 0.4) is 0 Å². The Morgan fingerprint density at radius 1 is 1.62 bits per heavy atom. The van der Waals surface area contributed by atoms with Crippen molar-refractivity contribution < 1.29 is 0 Å². The molecule has 0 bridgehead atoms. The summed E-state index contributed by atoms with van der Waals surface area (Å²) in [5.41, 5.74) is 3.11. The van der Waals surface area contributed by atoms with Crippen LogP contribution in [0.1, 0.15) is 37.9 Å². The van der Waals surface area contributed by atoms with Crippen molar-refractivity contribution in [3.05, 3.63) is 16.6 Å². The van der Waals surface area contributed by atoms with Crippen LogP contribution in [0.5, 0.6) is 0 Å². The summed E-state index contributed by atoms with van der Waals surface area (Å²) in [4.78, 5) is 6.79. The van der Waals surface area contributed by atoms with Crippen LogP contribution in [0.25, 0.3) is 0 Å². The highest BCUT2D eigenvalue weighted by Crippen LogP contribution is 2.19. The number of hydrogen-bond donors (Lipinski definition) is 1. The molecule has 90 valence electrons. The van der Waals surface area contributed by atoms with Crippen molar-refractivity contribution in [2.24, 2.45) is 0 Å². The third-order valence-corrected chi connectivity index (χ3v) is 4.07. The first-order chi connectivity index (χ1) is 7.77. The molecule has 0 spiro atoms. The molecule has 1 fully saturated rings. The lowest BCUT2D eigenvalue weighted by Crippen LogP contribution is -2.43. The maximum absolute atomic E-state index is 4.39. The van der Waals surface area contributed by atoms with Crippen molar-refractivity contribution in [1.29, 1.82) is 0 Å². The number of nitrogens with zero attached hydrogens (tertiary/aromatic N) is 2. The van der Waals surface area contributed by atoms with E-state index < -0.39 is 0 Å². The van der Waals surface area contributed by atoms with Crippen molar-refractivity contribution in [3.8, 4) is 0 Å². The molecule has 0 amide bonds. The van der Waals surface area contributed by atoms with Gasteiger partial charge in [-0.05, 0) is 33.4 Å². The summed E-state index contributed by atoms with van der Waals surface area (Å²) in [5, 5.41) is 5.74. The fourth-order valence-electron chi connectivity index (χ4n) is 2.24. The minimum Gasteiger partial charge on any atom is -0.313 e. The summed E-state index contributed by atoms with van der Waals surface area (Å²) in [5.74, 6) is 0. The molecule has 2 atom stereocenters. The van der Waals surface area contributed by atoms with Crippen LogP contribution < -0.4 is 5.32 Å². The van der Waals surface area contributed by atoms with Gasteiger partial charge in [0.05, 0.1) is 11.2 Å². The molecule has 0 aliphatic carbocycles. The third-order valence-electron chi connectivity index (χ3n) is 3.46. The second-order valence-electron chi connectivity index (χ2n) is 4.68. The Balaban J connectivity index is 1.84. The second-order valence-corrected chi connectivity index (χ2v) is 5.39. The van der Waals surface area contributed by atoms with Gasteiger partial charge in [0, 0.05) is 24.0 Å². The van der Waals surface area contributed by atoms with Crippen LogP contribution in [-0.2, 0) is 0 Å². The number of likely N-dealkylation sites (N-methyl/N-ethyl adjacent to an activating group) is 1. The van der Waals surface area contributed by atoms with E-state index in [0.717, 1.165) is 6.54 Å². The minimum atomic E-state index is 0.426. The molecular formula is C12H21N3S. The van der Waals surface area contributed by atoms with E-state index in [0.29, 0.717) is 12.1 Å². The summed E-state index contributed by atoms with van der Waals surface area (Å²) in [7, 11) is 2.19. The summed E-state index contributed by atoms with van der Waals surface area (Å²) >= 11 is 1.68. The Labute approximate surface area is 102 Å². The maximum atomic E-state index is 4.39. The van der Waals surface area contributed by atoms with Crippen LogP contribution >= 0.6 is 11.3 Å². The van der Waals surface area contributed by atoms with E-state index >= 15 is 0 Å². The molecule has 1 aliphatic rings. The average molecular weight is 239 g/mol. The Hall–Kier alpha value is -0.450. The van der Waals surface area contributed by atoms with Gasteiger partial charge < -0.3 is 5.32 Å². The smallest absolute Gasteiger partial charge is 0.0795 e. The summed E-state index contributed by atoms with van der Waals surface area (Å²) < 4.78 is 0. The van der Waals surface area contributed by atoms with Crippen molar-refractivity contribution >= 4 is 11.3 Å². The SMILES string of the molecule is CC(c1cscn1)N(C)CC1CCCCN1. The van der Waals surface area contributed by atoms with E-state index in [1.165, 1.54) is 31.5 Å². The van der Waals surface area contributed by atoms with Crippen molar-refractivity contribution in [3.63, 3.8) is 0 Å². The molecule has 16 heavy (non-hydrogen) atoms. The molecule has 1 N–H and O–H groups in total. The first-order valence-corrected chi connectivity index (χ1v) is 7.03. The van der Waals surface area contributed by atoms with Crippen LogP contribution in [-0.4, -0.2) is 36.1 Å². The lowest BCUT2D eigenvalue weighted by molar-refractivity contribution is 0.212. The third kappa shape index (κ3) is 3.03. The molecular weight excluding hydrogens is 218 g/mol. The zero-order valence-electron chi connectivity index (χ0n) is 10.1. The van der Waals surface area contributed by atoms with Gasteiger partial charge in [-0.25, -0.2) is 4.98 Å². The molecule has 2 rings (SSSR count). The number of rotatable bonds is 4. The fraction of sp³-hybridized carbons (Fsp3) is 0.750. The summed E-state index contributed by atoms with van der Waals surface area (Å²) in [6.07, 6.45) is 4.02. The van der Waals surface area contributed by atoms with Gasteiger partial charge in [0.2, 0.25) is 0 Å². The molecule has 2 heterocycles. The van der Waals surface area contributed by atoms with Gasteiger partial charge in [0.15, 0.2) is 0 Å². The zero-order valence-corrected chi connectivity index (χ0v) is 11.0. The summed E-state index contributed by atoms with van der Waals surface area (Å²) in [6.45, 7) is 4.54. The van der Waals surface area contributed by atoms with E-state index in [9.17, 15) is 0 Å². The van der Waals surface area contributed by atoms with Gasteiger partial charge in [-0.15, -0.1) is 11.3 Å². The number of piperidine rings is 1. The van der Waals surface area contributed by atoms with E-state index in [2.05, 4.69) is 34.6 Å². The summed E-state index contributed by atoms with van der Waals surface area (Å²) in [6, 6.07) is 1.09. The van der Waals surface area contributed by atoms with E-state index in [1.54, 1.807) is 11.3 Å². The first-order valence-electron chi connectivity index (χ1n) is 6.09. The van der Waals surface area contributed by atoms with Crippen LogP contribution in [0.4, 0.5) is 0 Å². The van der Waals surface area contributed by atoms with Gasteiger partial charge >= 0.3 is 0 Å². The number of hydrogen-bond acceptors (Lipinski definition) is 4. The second kappa shape index (κ2) is 5.75. The zero-order chi connectivity index (χ0) is 11.4. The highest BCUT2D eigenvalue weighted by atomic mass is 32.1. The van der Waals surface area contributed by atoms with E-state index in [1.807, 2.05) is 5.51 Å². The van der Waals surface area contributed by atoms with Gasteiger partial charge in [-0.3, -0.25) is 4.90 Å². The Bertz CT molecular complexity index is 293. The predicted molar refractivity (Wildman–Crippen MR) is 68.8 cm³/mol. The molecule has 4 heteroatoms. The number of nitrogens with one attached hydrogen (secondary N) is 1. The minimum absolute atomic E-state index is 0.426. The molecule has 1 aromatic rings. The molecule has 0 saturated carbocycles. The molecule has 1 saturated heterocycles. The highest BCUT2D eigenvalue weighted by Gasteiger charge is 2.19. The van der Waals surface area contributed by atoms with Crippen LogP contribution in [0.15, 0.2) is 10.9 Å². The standard InChI is InChI=1S/C12H21N3S/c1-10(12-8-16-9-14-12)15(2)7-11-5-3-4-6-13-11/h8-11,13H,3-7H2,1-2H3. The monoisotopic (exact) mass is 239 g/mol. The fourth-order valence-corrected chi connectivity index (χ4v) is 2.88. The number of aromatic nitrogens is 1. The molecule has 3 nitrogen and oxygen atoms in total. The molecule has 0 radical (unpaired) electrons. The normalized spacial score (nSPS) is 23.6. The predicted octanol–water partition coefficient (Wildman–Crippen LogP) is 2.28. The molecule has 0 aromatic carbocycles. The Kier molecular flexibility index (Phi) is 4.32. The number of thiazole rings is 1. The first kappa shape index (κ1) is 12.0. The van der Waals surface area contributed by atoms with Crippen molar-refractivity contribution in [1.82, 2.24) is 15.2 Å². The van der Waals surface area contributed by atoms with Gasteiger partial charge in [-0.2, -0.15) is 0 Å². The highest BCUT2D eigenvalue weighted by molar-refractivity contribution is 7.07. The Morgan fingerprint density at radius 2 is 2.50 bits per heavy atom. The average Bonchev–Trinajstić information content (AvgIpc) is 2.83. The van der Waals surface area contributed by atoms with Crippen LogP contribution in [0.2, 0.25) is 0 Å². The maximum Gasteiger partial charge on any atom is 0.0795 e. The van der Waals surface area contributed by atoms with Gasteiger partial charge in [0.1, 0.15) is 0 Å². The van der Waals surface area contributed by atoms with Crippen molar-refractivity contribution in [2.45, 2.75) is 38.3 Å². The van der Waals surface area contributed by atoms with Gasteiger partial charge in [-0.1, -0.05) is 6.42 Å².